The maximum atomic E-state index is 14.9. The SMILES string of the molecule is COC(=O)CC[C@H](NC(=O)c1c[nH]c(-c2cc(Oc3ccc(CC(=O)Cc4cccc(C)c4)c(F)c3)ccn2)c1)C(=O)OC. The third kappa shape index (κ3) is 8.60. The first-order chi connectivity index (χ1) is 21.1. The van der Waals surface area contributed by atoms with Gasteiger partial charge in [-0.25, -0.2) is 9.18 Å². The van der Waals surface area contributed by atoms with Crippen molar-refractivity contribution < 1.29 is 37.8 Å². The zero-order chi connectivity index (χ0) is 31.6. The minimum absolute atomic E-state index is 0.00853. The molecule has 0 aliphatic carbocycles. The van der Waals surface area contributed by atoms with Gasteiger partial charge >= 0.3 is 11.9 Å². The van der Waals surface area contributed by atoms with E-state index in [1.165, 1.54) is 38.7 Å². The maximum absolute atomic E-state index is 14.9. The Bertz CT molecular complexity index is 1670. The summed E-state index contributed by atoms with van der Waals surface area (Å²) in [6.45, 7) is 1.95. The van der Waals surface area contributed by atoms with Crippen LogP contribution in [0.5, 0.6) is 11.5 Å². The van der Waals surface area contributed by atoms with Gasteiger partial charge in [-0.1, -0.05) is 35.9 Å². The first kappa shape index (κ1) is 31.6. The van der Waals surface area contributed by atoms with Crippen molar-refractivity contribution in [1.29, 1.82) is 0 Å². The topological polar surface area (TPSA) is 137 Å². The lowest BCUT2D eigenvalue weighted by Crippen LogP contribution is -2.41. The molecule has 0 saturated heterocycles. The van der Waals surface area contributed by atoms with Gasteiger partial charge in [-0.15, -0.1) is 0 Å². The predicted octanol–water partition coefficient (Wildman–Crippen LogP) is 4.90. The number of carbonyl (C=O) groups is 4. The molecule has 1 amide bonds. The second-order valence-electron chi connectivity index (χ2n) is 10.1. The smallest absolute Gasteiger partial charge is 0.328 e. The van der Waals surface area contributed by atoms with Crippen molar-refractivity contribution in [2.45, 2.75) is 38.6 Å². The third-order valence-electron chi connectivity index (χ3n) is 6.74. The number of methoxy groups -OCH3 is 2. The summed E-state index contributed by atoms with van der Waals surface area (Å²) in [6.07, 6.45) is 3.07. The Labute approximate surface area is 253 Å². The predicted molar refractivity (Wildman–Crippen MR) is 159 cm³/mol. The van der Waals surface area contributed by atoms with Gasteiger partial charge in [0.2, 0.25) is 0 Å². The number of aromatic amines is 1. The summed E-state index contributed by atoms with van der Waals surface area (Å²) < 4.78 is 30.0. The molecule has 2 N–H and O–H groups in total. The average Bonchev–Trinajstić information content (AvgIpc) is 3.51. The highest BCUT2D eigenvalue weighted by molar-refractivity contribution is 5.97. The van der Waals surface area contributed by atoms with Crippen LogP contribution in [0.2, 0.25) is 0 Å². The van der Waals surface area contributed by atoms with Crippen molar-refractivity contribution in [2.75, 3.05) is 14.2 Å². The number of hydrogen-bond donors (Lipinski definition) is 2. The molecule has 1 atom stereocenters. The molecule has 0 fully saturated rings. The van der Waals surface area contributed by atoms with Gasteiger partial charge < -0.3 is 24.5 Å². The van der Waals surface area contributed by atoms with Crippen LogP contribution < -0.4 is 10.1 Å². The molecule has 0 saturated carbocycles. The fourth-order valence-corrected chi connectivity index (χ4v) is 4.49. The molecule has 0 spiro atoms. The number of nitrogens with zero attached hydrogens (tertiary/aromatic N) is 1. The Morgan fingerprint density at radius 3 is 2.48 bits per heavy atom. The molecular weight excluding hydrogens is 569 g/mol. The van der Waals surface area contributed by atoms with Gasteiger partial charge in [0.05, 0.1) is 31.2 Å². The summed E-state index contributed by atoms with van der Waals surface area (Å²) in [4.78, 5) is 56.2. The van der Waals surface area contributed by atoms with E-state index in [-0.39, 0.29) is 48.3 Å². The molecule has 4 rings (SSSR count). The van der Waals surface area contributed by atoms with Crippen molar-refractivity contribution >= 4 is 23.6 Å². The van der Waals surface area contributed by atoms with Gasteiger partial charge in [0.15, 0.2) is 0 Å². The zero-order valence-corrected chi connectivity index (χ0v) is 24.5. The molecule has 0 aliphatic heterocycles. The largest absolute Gasteiger partial charge is 0.469 e. The van der Waals surface area contributed by atoms with Gasteiger partial charge in [-0.05, 0) is 42.7 Å². The molecule has 11 heteroatoms. The Hall–Kier alpha value is -5.32. The average molecular weight is 602 g/mol. The highest BCUT2D eigenvalue weighted by Crippen LogP contribution is 2.27. The minimum atomic E-state index is -1.04. The molecule has 0 aliphatic rings. The van der Waals surface area contributed by atoms with E-state index in [4.69, 9.17) is 9.47 Å². The third-order valence-corrected chi connectivity index (χ3v) is 6.74. The van der Waals surface area contributed by atoms with Crippen LogP contribution in [-0.2, 0) is 36.7 Å². The number of esters is 2. The van der Waals surface area contributed by atoms with Crippen LogP contribution in [0.3, 0.4) is 0 Å². The quantitative estimate of drug-likeness (QED) is 0.207. The first-order valence-electron chi connectivity index (χ1n) is 13.8. The van der Waals surface area contributed by atoms with Crippen LogP contribution in [0, 0.1) is 12.7 Å². The first-order valence-corrected chi connectivity index (χ1v) is 13.8. The second kappa shape index (κ2) is 14.7. The number of carbonyl (C=O) groups excluding carboxylic acids is 4. The number of H-pyrrole nitrogens is 1. The van der Waals surface area contributed by atoms with Crippen LogP contribution in [-0.4, -0.2) is 53.9 Å². The molecule has 2 heterocycles. The van der Waals surface area contributed by atoms with Crippen LogP contribution in [0.1, 0.15) is 39.9 Å². The van der Waals surface area contributed by atoms with Crippen LogP contribution >= 0.6 is 0 Å². The number of pyridine rings is 1. The fourth-order valence-electron chi connectivity index (χ4n) is 4.49. The number of amides is 1. The second-order valence-corrected chi connectivity index (χ2v) is 10.1. The summed E-state index contributed by atoms with van der Waals surface area (Å²) in [7, 11) is 2.42. The van der Waals surface area contributed by atoms with Crippen LogP contribution in [0.15, 0.2) is 73.1 Å². The number of halogens is 1. The standard InChI is InChI=1S/C33H32FN3O7/c1-20-5-4-6-21(13-20)14-24(38)15-22-7-8-25(17-27(22)34)44-26-11-12-35-30(18-26)29-16-23(19-36-29)32(40)37-28(33(41)43-3)9-10-31(39)42-2/h4-8,11-13,16-19,28,36H,9-10,14-15H2,1-3H3,(H,37,40)/t28-/m0/s1. The van der Waals surface area contributed by atoms with Crippen molar-refractivity contribution in [2.24, 2.45) is 0 Å². The van der Waals surface area contributed by atoms with E-state index >= 15 is 0 Å². The van der Waals surface area contributed by atoms with Gasteiger partial charge in [0.1, 0.15) is 29.1 Å². The van der Waals surface area contributed by atoms with Gasteiger partial charge in [-0.2, -0.15) is 0 Å². The molecule has 0 radical (unpaired) electrons. The molecular formula is C33H32FN3O7. The molecule has 44 heavy (non-hydrogen) atoms. The Morgan fingerprint density at radius 1 is 0.955 bits per heavy atom. The van der Waals surface area contributed by atoms with Gasteiger partial charge in [-0.3, -0.25) is 19.4 Å². The molecule has 0 bridgehead atoms. The normalized spacial score (nSPS) is 11.4. The number of benzene rings is 2. The van der Waals surface area contributed by atoms with E-state index in [2.05, 4.69) is 20.0 Å². The minimum Gasteiger partial charge on any atom is -0.469 e. The van der Waals surface area contributed by atoms with E-state index in [0.717, 1.165) is 11.1 Å². The highest BCUT2D eigenvalue weighted by atomic mass is 19.1. The highest BCUT2D eigenvalue weighted by Gasteiger charge is 2.24. The zero-order valence-electron chi connectivity index (χ0n) is 24.5. The van der Waals surface area contributed by atoms with Crippen LogP contribution in [0.25, 0.3) is 11.4 Å². The van der Waals surface area contributed by atoms with E-state index < -0.39 is 29.7 Å². The molecule has 228 valence electrons. The number of aryl methyl sites for hydroxylation is 1. The maximum Gasteiger partial charge on any atom is 0.328 e. The Balaban J connectivity index is 1.39. The van der Waals surface area contributed by atoms with Crippen molar-refractivity contribution in [1.82, 2.24) is 15.3 Å². The number of aromatic nitrogens is 2. The number of nitrogens with one attached hydrogen (secondary N) is 2. The van der Waals surface area contributed by atoms with E-state index in [1.54, 1.807) is 24.3 Å². The monoisotopic (exact) mass is 601 g/mol. The van der Waals surface area contributed by atoms with E-state index in [9.17, 15) is 23.6 Å². The van der Waals surface area contributed by atoms with E-state index in [0.29, 0.717) is 17.1 Å². The Kier molecular flexibility index (Phi) is 10.6. The summed E-state index contributed by atoms with van der Waals surface area (Å²) in [5, 5.41) is 2.56. The van der Waals surface area contributed by atoms with Crippen molar-refractivity contribution in [3.05, 3.63) is 101 Å². The number of rotatable bonds is 13. The lowest BCUT2D eigenvalue weighted by atomic mass is 10.0. The summed E-state index contributed by atoms with van der Waals surface area (Å²) in [6, 6.07) is 15.7. The van der Waals surface area contributed by atoms with Crippen LogP contribution in [0.4, 0.5) is 4.39 Å². The fraction of sp³-hybridized carbons (Fsp3) is 0.242. The summed E-state index contributed by atoms with van der Waals surface area (Å²) in [5.41, 5.74) is 3.37. The van der Waals surface area contributed by atoms with Crippen molar-refractivity contribution in [3.8, 4) is 22.9 Å². The number of ether oxygens (including phenoxy) is 3. The number of hydrogen-bond acceptors (Lipinski definition) is 8. The summed E-state index contributed by atoms with van der Waals surface area (Å²) >= 11 is 0. The number of Topliss-reactive ketones (excluding diaryl/α,β-unsaturated/α-hetero) is 1. The number of ketones is 1. The van der Waals surface area contributed by atoms with Crippen molar-refractivity contribution in [3.63, 3.8) is 0 Å². The lowest BCUT2D eigenvalue weighted by Gasteiger charge is -2.15. The molecule has 2 aromatic carbocycles. The molecule has 10 nitrogen and oxygen atoms in total. The molecule has 4 aromatic rings. The Morgan fingerprint density at radius 2 is 1.75 bits per heavy atom. The summed E-state index contributed by atoms with van der Waals surface area (Å²) in [5.74, 6) is -1.81. The van der Waals surface area contributed by atoms with Gasteiger partial charge in [0.25, 0.3) is 5.91 Å². The molecule has 0 unspecified atom stereocenters. The van der Waals surface area contributed by atoms with Gasteiger partial charge in [0, 0.05) is 43.8 Å². The molecule has 2 aromatic heterocycles. The van der Waals surface area contributed by atoms with E-state index in [1.807, 2.05) is 31.2 Å². The lowest BCUT2D eigenvalue weighted by molar-refractivity contribution is -0.144.